The molecule has 0 radical (unpaired) electrons. The molecule has 2 amide bonds. The number of H-pyrrole nitrogens is 1. The SMILES string of the molecule is CC1=C[C@@H](CNC(=O)N2CCOCC2)[C@H](C(C)C)C[C@H]1Cc1nc2ccc(C)cc2[nH]1. The first-order valence-electron chi connectivity index (χ1n) is 11.6. The normalized spacial score (nSPS) is 24.5. The summed E-state index contributed by atoms with van der Waals surface area (Å²) in [6.45, 7) is 12.3. The van der Waals surface area contributed by atoms with Crippen LogP contribution in [0.3, 0.4) is 0 Å². The van der Waals surface area contributed by atoms with Gasteiger partial charge in [0.05, 0.1) is 24.2 Å². The van der Waals surface area contributed by atoms with Crippen LogP contribution in [0, 0.1) is 30.6 Å². The first-order valence-corrected chi connectivity index (χ1v) is 11.6. The number of morpholine rings is 1. The summed E-state index contributed by atoms with van der Waals surface area (Å²) < 4.78 is 5.35. The fourth-order valence-corrected chi connectivity index (χ4v) is 5.10. The van der Waals surface area contributed by atoms with Crippen molar-refractivity contribution in [2.24, 2.45) is 23.7 Å². The number of hydrogen-bond acceptors (Lipinski definition) is 3. The van der Waals surface area contributed by atoms with Gasteiger partial charge >= 0.3 is 6.03 Å². The van der Waals surface area contributed by atoms with E-state index in [0.29, 0.717) is 56.5 Å². The van der Waals surface area contributed by atoms with Gasteiger partial charge in [0, 0.05) is 26.1 Å². The predicted molar refractivity (Wildman–Crippen MR) is 124 cm³/mol. The number of carbonyl (C=O) groups is 1. The number of aromatic nitrogens is 2. The summed E-state index contributed by atoms with van der Waals surface area (Å²) in [7, 11) is 0. The number of hydrogen-bond donors (Lipinski definition) is 2. The number of aromatic amines is 1. The quantitative estimate of drug-likeness (QED) is 0.703. The Bertz CT molecular complexity index is 942. The van der Waals surface area contributed by atoms with Crippen molar-refractivity contribution in [3.63, 3.8) is 0 Å². The van der Waals surface area contributed by atoms with E-state index in [1.54, 1.807) is 0 Å². The van der Waals surface area contributed by atoms with Gasteiger partial charge in [-0.25, -0.2) is 9.78 Å². The molecule has 0 unspecified atom stereocenters. The van der Waals surface area contributed by atoms with Crippen LogP contribution in [0.5, 0.6) is 0 Å². The van der Waals surface area contributed by atoms with Gasteiger partial charge in [-0.3, -0.25) is 0 Å². The zero-order valence-corrected chi connectivity index (χ0v) is 19.3. The Hall–Kier alpha value is -2.34. The molecule has 1 aromatic heterocycles. The molecule has 4 rings (SSSR count). The number of fused-ring (bicyclic) bond motifs is 1. The number of carbonyl (C=O) groups excluding carboxylic acids is 1. The van der Waals surface area contributed by atoms with Crippen molar-refractivity contribution < 1.29 is 9.53 Å². The van der Waals surface area contributed by atoms with E-state index in [0.717, 1.165) is 29.7 Å². The van der Waals surface area contributed by atoms with E-state index in [9.17, 15) is 4.79 Å². The maximum absolute atomic E-state index is 12.5. The second kappa shape index (κ2) is 9.43. The highest BCUT2D eigenvalue weighted by molar-refractivity contribution is 5.76. The minimum atomic E-state index is 0.0385. The molecule has 2 aromatic rings. The molecule has 1 aliphatic carbocycles. The topological polar surface area (TPSA) is 70.2 Å². The lowest BCUT2D eigenvalue weighted by atomic mass is 9.70. The Kier molecular flexibility index (Phi) is 6.65. The molecule has 0 spiro atoms. The van der Waals surface area contributed by atoms with Gasteiger partial charge in [0.25, 0.3) is 0 Å². The number of imidazole rings is 1. The number of benzene rings is 1. The number of rotatable bonds is 5. The molecule has 1 fully saturated rings. The number of aryl methyl sites for hydroxylation is 1. The van der Waals surface area contributed by atoms with Crippen molar-refractivity contribution in [2.75, 3.05) is 32.8 Å². The molecule has 168 valence electrons. The highest BCUT2D eigenvalue weighted by Gasteiger charge is 2.32. The molecule has 6 heteroatoms. The molecule has 2 heterocycles. The molecular formula is C25H36N4O2. The number of nitrogens with zero attached hydrogens (tertiary/aromatic N) is 2. The monoisotopic (exact) mass is 424 g/mol. The standard InChI is InChI=1S/C25H36N4O2/c1-16(2)21-13-19(14-24-27-22-6-5-17(3)11-23(22)28-24)18(4)12-20(21)15-26-25(30)29-7-9-31-10-8-29/h5-6,11-12,16,19-21H,7-10,13-15H2,1-4H3,(H,26,30)(H,27,28)/t19-,20-,21-/m0/s1. The van der Waals surface area contributed by atoms with Gasteiger partial charge in [0.1, 0.15) is 5.82 Å². The summed E-state index contributed by atoms with van der Waals surface area (Å²) in [5.41, 5.74) is 4.83. The van der Waals surface area contributed by atoms with Gasteiger partial charge in [-0.05, 0) is 61.6 Å². The molecule has 2 N–H and O–H groups in total. The molecule has 2 aliphatic rings. The van der Waals surface area contributed by atoms with Crippen LogP contribution >= 0.6 is 0 Å². The molecule has 0 bridgehead atoms. The summed E-state index contributed by atoms with van der Waals surface area (Å²) in [5.74, 6) is 3.04. The summed E-state index contributed by atoms with van der Waals surface area (Å²) >= 11 is 0. The highest BCUT2D eigenvalue weighted by Crippen LogP contribution is 2.38. The van der Waals surface area contributed by atoms with E-state index in [2.05, 4.69) is 62.3 Å². The Balaban J connectivity index is 1.43. The van der Waals surface area contributed by atoms with Crippen molar-refractivity contribution in [1.29, 1.82) is 0 Å². The number of amides is 2. The molecular weight excluding hydrogens is 388 g/mol. The van der Waals surface area contributed by atoms with Crippen LogP contribution in [0.25, 0.3) is 11.0 Å². The van der Waals surface area contributed by atoms with Crippen molar-refractivity contribution in [2.45, 2.75) is 40.5 Å². The van der Waals surface area contributed by atoms with E-state index in [1.165, 1.54) is 11.1 Å². The van der Waals surface area contributed by atoms with Crippen molar-refractivity contribution in [3.05, 3.63) is 41.2 Å². The third-order valence-electron chi connectivity index (χ3n) is 7.00. The van der Waals surface area contributed by atoms with E-state index in [1.807, 2.05) is 4.90 Å². The van der Waals surface area contributed by atoms with Gasteiger partial charge in [0.15, 0.2) is 0 Å². The Morgan fingerprint density at radius 2 is 2.06 bits per heavy atom. The number of allylic oxidation sites excluding steroid dienone is 1. The predicted octanol–water partition coefficient (Wildman–Crippen LogP) is 4.31. The van der Waals surface area contributed by atoms with Crippen LogP contribution in [0.1, 0.15) is 38.6 Å². The first kappa shape index (κ1) is 21.9. The van der Waals surface area contributed by atoms with Gasteiger partial charge in [0.2, 0.25) is 0 Å². The maximum atomic E-state index is 12.5. The molecule has 1 aromatic carbocycles. The lowest BCUT2D eigenvalue weighted by Gasteiger charge is -2.37. The fourth-order valence-electron chi connectivity index (χ4n) is 5.10. The minimum absolute atomic E-state index is 0.0385. The molecule has 1 aliphatic heterocycles. The minimum Gasteiger partial charge on any atom is -0.378 e. The number of ether oxygens (including phenoxy) is 1. The van der Waals surface area contributed by atoms with Crippen molar-refractivity contribution in [3.8, 4) is 0 Å². The van der Waals surface area contributed by atoms with Crippen LogP contribution in [0.2, 0.25) is 0 Å². The Morgan fingerprint density at radius 1 is 1.29 bits per heavy atom. The number of nitrogens with one attached hydrogen (secondary N) is 2. The largest absolute Gasteiger partial charge is 0.378 e. The maximum Gasteiger partial charge on any atom is 0.317 e. The summed E-state index contributed by atoms with van der Waals surface area (Å²) in [6, 6.07) is 6.41. The molecule has 1 saturated heterocycles. The molecule has 3 atom stereocenters. The average Bonchev–Trinajstić information content (AvgIpc) is 3.15. The van der Waals surface area contributed by atoms with E-state index in [-0.39, 0.29) is 6.03 Å². The van der Waals surface area contributed by atoms with Gasteiger partial charge in [-0.15, -0.1) is 0 Å². The Labute approximate surface area is 185 Å². The van der Waals surface area contributed by atoms with Crippen LogP contribution in [-0.4, -0.2) is 53.7 Å². The second-order valence-corrected chi connectivity index (χ2v) is 9.61. The van der Waals surface area contributed by atoms with E-state index >= 15 is 0 Å². The number of urea groups is 1. The third-order valence-corrected chi connectivity index (χ3v) is 7.00. The lowest BCUT2D eigenvalue weighted by molar-refractivity contribution is 0.0527. The van der Waals surface area contributed by atoms with Crippen molar-refractivity contribution in [1.82, 2.24) is 20.2 Å². The zero-order chi connectivity index (χ0) is 22.0. The molecule has 31 heavy (non-hydrogen) atoms. The van der Waals surface area contributed by atoms with Crippen LogP contribution in [-0.2, 0) is 11.2 Å². The van der Waals surface area contributed by atoms with Gasteiger partial charge in [-0.1, -0.05) is 31.6 Å². The fraction of sp³-hybridized carbons (Fsp3) is 0.600. The molecule has 6 nitrogen and oxygen atoms in total. The van der Waals surface area contributed by atoms with E-state index < -0.39 is 0 Å². The second-order valence-electron chi connectivity index (χ2n) is 9.61. The molecule has 0 saturated carbocycles. The smallest absolute Gasteiger partial charge is 0.317 e. The van der Waals surface area contributed by atoms with E-state index in [4.69, 9.17) is 9.72 Å². The van der Waals surface area contributed by atoms with Crippen LogP contribution in [0.15, 0.2) is 29.8 Å². The van der Waals surface area contributed by atoms with Crippen molar-refractivity contribution >= 4 is 17.1 Å². The first-order chi connectivity index (χ1) is 14.9. The van der Waals surface area contributed by atoms with Crippen LogP contribution in [0.4, 0.5) is 4.79 Å². The van der Waals surface area contributed by atoms with Gasteiger partial charge < -0.3 is 19.9 Å². The summed E-state index contributed by atoms with van der Waals surface area (Å²) in [5, 5.41) is 3.18. The highest BCUT2D eigenvalue weighted by atomic mass is 16.5. The lowest BCUT2D eigenvalue weighted by Crippen LogP contribution is -2.48. The zero-order valence-electron chi connectivity index (χ0n) is 19.3. The average molecular weight is 425 g/mol. The van der Waals surface area contributed by atoms with Gasteiger partial charge in [-0.2, -0.15) is 0 Å². The summed E-state index contributed by atoms with van der Waals surface area (Å²) in [4.78, 5) is 22.8. The summed E-state index contributed by atoms with van der Waals surface area (Å²) in [6.07, 6.45) is 4.48. The van der Waals surface area contributed by atoms with Crippen LogP contribution < -0.4 is 5.32 Å². The Morgan fingerprint density at radius 3 is 2.81 bits per heavy atom. The third kappa shape index (κ3) is 5.12.